The Morgan fingerprint density at radius 2 is 1.73 bits per heavy atom. The van der Waals surface area contributed by atoms with Gasteiger partial charge in [0.2, 0.25) is 0 Å². The molecule has 0 unspecified atom stereocenters. The number of hydrogen-bond acceptors (Lipinski definition) is 8. The van der Waals surface area contributed by atoms with Crippen molar-refractivity contribution in [2.24, 2.45) is 5.73 Å². The van der Waals surface area contributed by atoms with Gasteiger partial charge in [0.1, 0.15) is 23.6 Å². The number of aromatic nitrogens is 1. The van der Waals surface area contributed by atoms with Crippen molar-refractivity contribution in [3.8, 4) is 23.0 Å². The number of nitrogens with one attached hydrogen (secondary N) is 1. The van der Waals surface area contributed by atoms with Gasteiger partial charge in [0.15, 0.2) is 11.5 Å². The molecule has 1 saturated carbocycles. The monoisotopic (exact) mass is 555 g/mol. The van der Waals surface area contributed by atoms with Crippen molar-refractivity contribution in [2.75, 3.05) is 19.0 Å². The van der Waals surface area contributed by atoms with Crippen LogP contribution in [0.1, 0.15) is 42.5 Å². The third-order valence-electron chi connectivity index (χ3n) is 6.94. The van der Waals surface area contributed by atoms with Gasteiger partial charge in [-0.2, -0.15) is 0 Å². The van der Waals surface area contributed by atoms with Crippen molar-refractivity contribution in [1.29, 1.82) is 0 Å². The first kappa shape index (κ1) is 27.9. The van der Waals surface area contributed by atoms with Crippen molar-refractivity contribution in [2.45, 2.75) is 44.2 Å². The maximum Gasteiger partial charge on any atom is 0.323 e. The summed E-state index contributed by atoms with van der Waals surface area (Å²) in [5.74, 6) is 1.50. The van der Waals surface area contributed by atoms with Crippen molar-refractivity contribution in [3.05, 3.63) is 84.6 Å². The number of pyridine rings is 1. The summed E-state index contributed by atoms with van der Waals surface area (Å²) >= 11 is 0. The highest BCUT2D eigenvalue weighted by Gasteiger charge is 2.23. The lowest BCUT2D eigenvalue weighted by Gasteiger charge is -2.17. The third kappa shape index (κ3) is 7.12. The fourth-order valence-electron chi connectivity index (χ4n) is 4.69. The number of rotatable bonds is 11. The van der Waals surface area contributed by atoms with E-state index in [1.165, 1.54) is 0 Å². The number of ether oxygens (including phenoxy) is 4. The van der Waals surface area contributed by atoms with Crippen LogP contribution in [0.4, 0.5) is 5.69 Å². The average molecular weight is 556 g/mol. The number of carbonyl (C=O) groups excluding carboxylic acids is 2. The molecule has 41 heavy (non-hydrogen) atoms. The van der Waals surface area contributed by atoms with Gasteiger partial charge in [-0.3, -0.25) is 14.6 Å². The van der Waals surface area contributed by atoms with E-state index < -0.39 is 6.04 Å². The molecule has 3 N–H and O–H groups in total. The molecule has 0 saturated heterocycles. The second-order valence-corrected chi connectivity index (χ2v) is 9.86. The average Bonchev–Trinajstić information content (AvgIpc) is 3.51. The number of anilines is 1. The molecule has 1 aromatic heterocycles. The first-order chi connectivity index (χ1) is 20.0. The molecule has 5 rings (SSSR count). The topological polar surface area (TPSA) is 122 Å². The number of nitrogens with two attached hydrogens (primary N) is 1. The maximum atomic E-state index is 12.6. The van der Waals surface area contributed by atoms with Gasteiger partial charge >= 0.3 is 5.97 Å². The van der Waals surface area contributed by atoms with E-state index in [0.29, 0.717) is 40.5 Å². The molecule has 9 nitrogen and oxygen atoms in total. The summed E-state index contributed by atoms with van der Waals surface area (Å²) in [6.45, 7) is 0.211. The molecular weight excluding hydrogens is 522 g/mol. The summed E-state index contributed by atoms with van der Waals surface area (Å²) in [5.41, 5.74) is 7.91. The van der Waals surface area contributed by atoms with E-state index in [-0.39, 0.29) is 24.6 Å². The number of amides is 1. The van der Waals surface area contributed by atoms with E-state index in [1.807, 2.05) is 30.3 Å². The number of methoxy groups -OCH3 is 1. The first-order valence-corrected chi connectivity index (χ1v) is 13.7. The molecule has 212 valence electrons. The minimum absolute atomic E-state index is 0.0189. The van der Waals surface area contributed by atoms with Crippen LogP contribution in [-0.4, -0.2) is 42.7 Å². The standard InChI is InChI=1S/C32H33N3O6/c1-38-29-19-25-27(20-30(29)39-18-16-26(33)32(37)41-23-9-5-6-10-23)34-17-15-28(25)40-24-13-11-21(12-14-24)31(36)35-22-7-3-2-4-8-22/h2-4,7-8,11-15,17,19-20,23,26H,5-6,9-10,16,18,33H2,1H3,(H,35,36)/t26-/m0/s1. The Morgan fingerprint density at radius 1 is 0.976 bits per heavy atom. The highest BCUT2D eigenvalue weighted by atomic mass is 16.5. The second-order valence-electron chi connectivity index (χ2n) is 9.86. The number of fused-ring (bicyclic) bond motifs is 1. The summed E-state index contributed by atoms with van der Waals surface area (Å²) in [4.78, 5) is 29.3. The Kier molecular flexibility index (Phi) is 8.95. The van der Waals surface area contributed by atoms with Crippen LogP contribution in [0.2, 0.25) is 0 Å². The molecule has 1 heterocycles. The van der Waals surface area contributed by atoms with Crippen molar-refractivity contribution >= 4 is 28.5 Å². The number of esters is 1. The van der Waals surface area contributed by atoms with E-state index >= 15 is 0 Å². The Balaban J connectivity index is 1.23. The van der Waals surface area contributed by atoms with Crippen molar-refractivity contribution in [3.63, 3.8) is 0 Å². The molecule has 0 spiro atoms. The summed E-state index contributed by atoms with van der Waals surface area (Å²) in [7, 11) is 1.55. The fourth-order valence-corrected chi connectivity index (χ4v) is 4.69. The van der Waals surface area contributed by atoms with E-state index in [9.17, 15) is 9.59 Å². The van der Waals surface area contributed by atoms with Crippen molar-refractivity contribution in [1.82, 2.24) is 4.98 Å². The van der Waals surface area contributed by atoms with Gasteiger partial charge in [-0.05, 0) is 74.2 Å². The van der Waals surface area contributed by atoms with Gasteiger partial charge < -0.3 is 30.0 Å². The molecule has 1 fully saturated rings. The summed E-state index contributed by atoms with van der Waals surface area (Å²) < 4.78 is 23.1. The minimum Gasteiger partial charge on any atom is -0.493 e. The van der Waals surface area contributed by atoms with Crippen LogP contribution in [-0.2, 0) is 9.53 Å². The minimum atomic E-state index is -0.754. The predicted molar refractivity (Wildman–Crippen MR) is 156 cm³/mol. The normalized spacial score (nSPS) is 13.9. The zero-order valence-corrected chi connectivity index (χ0v) is 22.9. The molecule has 0 radical (unpaired) electrons. The summed E-state index contributed by atoms with van der Waals surface area (Å²) in [6.07, 6.45) is 5.90. The zero-order valence-electron chi connectivity index (χ0n) is 22.9. The molecule has 1 aliphatic carbocycles. The second kappa shape index (κ2) is 13.1. The van der Waals surface area contributed by atoms with Gasteiger partial charge in [0, 0.05) is 35.3 Å². The van der Waals surface area contributed by atoms with Crippen LogP contribution < -0.4 is 25.3 Å². The molecule has 1 amide bonds. The van der Waals surface area contributed by atoms with Crippen LogP contribution in [0.5, 0.6) is 23.0 Å². The molecule has 0 bridgehead atoms. The smallest absolute Gasteiger partial charge is 0.323 e. The van der Waals surface area contributed by atoms with Gasteiger partial charge in [0.25, 0.3) is 5.91 Å². The molecule has 1 aliphatic rings. The Labute approximate surface area is 238 Å². The molecule has 0 aliphatic heterocycles. The molecular formula is C32H33N3O6. The van der Waals surface area contributed by atoms with E-state index in [0.717, 1.165) is 36.8 Å². The van der Waals surface area contributed by atoms with Crippen molar-refractivity contribution < 1.29 is 28.5 Å². The Bertz CT molecular complexity index is 1490. The fraction of sp³-hybridized carbons (Fsp3) is 0.281. The molecule has 4 aromatic rings. The van der Waals surface area contributed by atoms with E-state index in [1.54, 1.807) is 55.8 Å². The van der Waals surface area contributed by atoms with Crippen LogP contribution in [0.25, 0.3) is 10.9 Å². The lowest BCUT2D eigenvalue weighted by molar-refractivity contribution is -0.150. The molecule has 9 heteroatoms. The Hall–Kier alpha value is -4.63. The molecule has 1 atom stereocenters. The zero-order chi connectivity index (χ0) is 28.6. The van der Waals surface area contributed by atoms with Crippen LogP contribution in [0.3, 0.4) is 0 Å². The molecule has 3 aromatic carbocycles. The number of para-hydroxylation sites is 1. The number of carbonyl (C=O) groups is 2. The number of benzene rings is 3. The lowest BCUT2D eigenvalue weighted by atomic mass is 10.1. The first-order valence-electron chi connectivity index (χ1n) is 13.7. The summed E-state index contributed by atoms with van der Waals surface area (Å²) in [6, 6.07) is 20.7. The van der Waals surface area contributed by atoms with Crippen LogP contribution in [0.15, 0.2) is 79.0 Å². The quantitative estimate of drug-likeness (QED) is 0.220. The van der Waals surface area contributed by atoms with Gasteiger partial charge in [-0.1, -0.05) is 18.2 Å². The Morgan fingerprint density at radius 3 is 2.46 bits per heavy atom. The number of hydrogen-bond donors (Lipinski definition) is 2. The van der Waals surface area contributed by atoms with E-state index in [4.69, 9.17) is 24.7 Å². The summed E-state index contributed by atoms with van der Waals surface area (Å²) in [5, 5.41) is 3.59. The highest BCUT2D eigenvalue weighted by molar-refractivity contribution is 6.04. The third-order valence-corrected chi connectivity index (χ3v) is 6.94. The largest absolute Gasteiger partial charge is 0.493 e. The predicted octanol–water partition coefficient (Wildman–Crippen LogP) is 5.87. The highest BCUT2D eigenvalue weighted by Crippen LogP contribution is 2.37. The van der Waals surface area contributed by atoms with Gasteiger partial charge in [-0.15, -0.1) is 0 Å². The van der Waals surface area contributed by atoms with Crippen LogP contribution >= 0.6 is 0 Å². The number of nitrogens with zero attached hydrogens (tertiary/aromatic N) is 1. The SMILES string of the molecule is COc1cc2c(Oc3ccc(C(=O)Nc4ccccc4)cc3)ccnc2cc1OCC[C@H](N)C(=O)OC1CCCC1. The van der Waals surface area contributed by atoms with Crippen LogP contribution in [0, 0.1) is 0 Å². The van der Waals surface area contributed by atoms with Gasteiger partial charge in [-0.25, -0.2) is 0 Å². The lowest BCUT2D eigenvalue weighted by Crippen LogP contribution is -2.35. The van der Waals surface area contributed by atoms with Gasteiger partial charge in [0.05, 0.1) is 19.2 Å². The maximum absolute atomic E-state index is 12.6. The van der Waals surface area contributed by atoms with E-state index in [2.05, 4.69) is 10.3 Å².